The van der Waals surface area contributed by atoms with Crippen LogP contribution < -0.4 is 5.32 Å². The van der Waals surface area contributed by atoms with E-state index in [1.54, 1.807) is 6.20 Å². The van der Waals surface area contributed by atoms with Crippen LogP contribution in [0.1, 0.15) is 36.0 Å². The smallest absolute Gasteiger partial charge is 0.255 e. The van der Waals surface area contributed by atoms with Gasteiger partial charge >= 0.3 is 0 Å². The highest BCUT2D eigenvalue weighted by Crippen LogP contribution is 2.19. The van der Waals surface area contributed by atoms with E-state index in [1.165, 1.54) is 0 Å². The maximum atomic E-state index is 12.7. The SMILES string of the molecule is O=C(c1ccc(NCCCCO)nc1)N1CCC(N2CCOCC2)CC1. The number of carbonyl (C=O) groups excluding carboxylic acids is 1. The fourth-order valence-electron chi connectivity index (χ4n) is 3.64. The van der Waals surface area contributed by atoms with Crippen LogP contribution >= 0.6 is 0 Å². The number of amides is 1. The fraction of sp³-hybridized carbons (Fsp3) is 0.684. The van der Waals surface area contributed by atoms with Gasteiger partial charge in [0, 0.05) is 51.6 Å². The van der Waals surface area contributed by atoms with Gasteiger partial charge in [0.1, 0.15) is 5.82 Å². The van der Waals surface area contributed by atoms with Crippen molar-refractivity contribution in [2.24, 2.45) is 0 Å². The molecule has 1 amide bonds. The summed E-state index contributed by atoms with van der Waals surface area (Å²) in [4.78, 5) is 21.5. The summed E-state index contributed by atoms with van der Waals surface area (Å²) < 4.78 is 5.42. The van der Waals surface area contributed by atoms with Crippen molar-refractivity contribution in [2.45, 2.75) is 31.7 Å². The van der Waals surface area contributed by atoms with Crippen LogP contribution in [0.3, 0.4) is 0 Å². The Kier molecular flexibility index (Phi) is 7.22. The van der Waals surface area contributed by atoms with Crippen LogP contribution in [0.25, 0.3) is 0 Å². The Morgan fingerprint density at radius 2 is 1.96 bits per heavy atom. The molecule has 1 aromatic rings. The second-order valence-corrected chi connectivity index (χ2v) is 6.96. The molecule has 2 fully saturated rings. The number of unbranched alkanes of at least 4 members (excludes halogenated alkanes) is 1. The van der Waals surface area contributed by atoms with Crippen molar-refractivity contribution < 1.29 is 14.6 Å². The van der Waals surface area contributed by atoms with Crippen LogP contribution in [0.5, 0.6) is 0 Å². The quantitative estimate of drug-likeness (QED) is 0.710. The predicted octanol–water partition coefficient (Wildman–Crippen LogP) is 1.20. The largest absolute Gasteiger partial charge is 0.396 e. The minimum atomic E-state index is 0.0738. The zero-order chi connectivity index (χ0) is 18.2. The molecule has 2 aliphatic heterocycles. The number of nitrogens with zero attached hydrogens (tertiary/aromatic N) is 3. The number of morpholine rings is 1. The minimum Gasteiger partial charge on any atom is -0.396 e. The first kappa shape index (κ1) is 19.1. The number of nitrogens with one attached hydrogen (secondary N) is 1. The molecule has 144 valence electrons. The molecule has 0 radical (unpaired) electrons. The van der Waals surface area contributed by atoms with Crippen molar-refractivity contribution in [2.75, 3.05) is 57.9 Å². The van der Waals surface area contributed by atoms with E-state index in [9.17, 15) is 4.79 Å². The third-order valence-corrected chi connectivity index (χ3v) is 5.22. The predicted molar refractivity (Wildman–Crippen MR) is 100 cm³/mol. The molecule has 2 saturated heterocycles. The summed E-state index contributed by atoms with van der Waals surface area (Å²) in [6, 6.07) is 4.27. The number of ether oxygens (including phenoxy) is 1. The van der Waals surface area contributed by atoms with E-state index < -0.39 is 0 Å². The van der Waals surface area contributed by atoms with Gasteiger partial charge in [0.25, 0.3) is 5.91 Å². The highest BCUT2D eigenvalue weighted by Gasteiger charge is 2.28. The number of hydrogen-bond acceptors (Lipinski definition) is 6. The number of piperidine rings is 1. The van der Waals surface area contributed by atoms with E-state index in [0.29, 0.717) is 11.6 Å². The molecule has 3 heterocycles. The summed E-state index contributed by atoms with van der Waals surface area (Å²) >= 11 is 0. The van der Waals surface area contributed by atoms with Crippen molar-refractivity contribution in [1.29, 1.82) is 0 Å². The van der Waals surface area contributed by atoms with Crippen LogP contribution in [0.15, 0.2) is 18.3 Å². The molecule has 0 aromatic carbocycles. The number of rotatable bonds is 7. The van der Waals surface area contributed by atoms with Gasteiger partial charge in [-0.05, 0) is 37.8 Å². The number of pyridine rings is 1. The molecule has 26 heavy (non-hydrogen) atoms. The Labute approximate surface area is 155 Å². The van der Waals surface area contributed by atoms with Crippen molar-refractivity contribution in [3.63, 3.8) is 0 Å². The van der Waals surface area contributed by atoms with Gasteiger partial charge in [-0.25, -0.2) is 4.98 Å². The highest BCUT2D eigenvalue weighted by atomic mass is 16.5. The lowest BCUT2D eigenvalue weighted by molar-refractivity contribution is 0.00158. The summed E-state index contributed by atoms with van der Waals surface area (Å²) in [6.45, 7) is 6.27. The third-order valence-electron chi connectivity index (χ3n) is 5.22. The van der Waals surface area contributed by atoms with Gasteiger partial charge in [0.15, 0.2) is 0 Å². The molecule has 7 heteroatoms. The molecule has 0 spiro atoms. The monoisotopic (exact) mass is 362 g/mol. The van der Waals surface area contributed by atoms with Crippen molar-refractivity contribution >= 4 is 11.7 Å². The zero-order valence-corrected chi connectivity index (χ0v) is 15.4. The van der Waals surface area contributed by atoms with Gasteiger partial charge in [-0.15, -0.1) is 0 Å². The first-order valence-corrected chi connectivity index (χ1v) is 9.70. The third kappa shape index (κ3) is 5.16. The number of anilines is 1. The Morgan fingerprint density at radius 3 is 2.62 bits per heavy atom. The summed E-state index contributed by atoms with van der Waals surface area (Å²) in [7, 11) is 0. The van der Waals surface area contributed by atoms with Gasteiger partial charge < -0.3 is 20.1 Å². The normalized spacial score (nSPS) is 19.5. The average Bonchev–Trinajstić information content (AvgIpc) is 2.72. The van der Waals surface area contributed by atoms with Crippen molar-refractivity contribution in [3.8, 4) is 0 Å². The van der Waals surface area contributed by atoms with Crippen molar-refractivity contribution in [3.05, 3.63) is 23.9 Å². The van der Waals surface area contributed by atoms with Crippen LogP contribution in [0, 0.1) is 0 Å². The minimum absolute atomic E-state index is 0.0738. The number of aliphatic hydroxyl groups excluding tert-OH is 1. The second-order valence-electron chi connectivity index (χ2n) is 6.96. The zero-order valence-electron chi connectivity index (χ0n) is 15.4. The molecule has 0 saturated carbocycles. The number of aliphatic hydroxyl groups is 1. The van der Waals surface area contributed by atoms with Gasteiger partial charge in [-0.1, -0.05) is 0 Å². The fourth-order valence-corrected chi connectivity index (χ4v) is 3.64. The molecule has 7 nitrogen and oxygen atoms in total. The summed E-state index contributed by atoms with van der Waals surface area (Å²) in [5, 5.41) is 12.0. The first-order chi connectivity index (χ1) is 12.8. The number of likely N-dealkylation sites (tertiary alicyclic amines) is 1. The van der Waals surface area contributed by atoms with E-state index in [-0.39, 0.29) is 12.5 Å². The van der Waals surface area contributed by atoms with E-state index >= 15 is 0 Å². The standard InChI is InChI=1S/C19H30N4O3/c24-12-2-1-7-20-18-4-3-16(15-21-18)19(25)23-8-5-17(6-9-23)22-10-13-26-14-11-22/h3-4,15,17,24H,1-2,5-14H2,(H,20,21). The van der Waals surface area contributed by atoms with E-state index in [0.717, 1.165) is 77.4 Å². The molecular weight excluding hydrogens is 332 g/mol. The number of carbonyl (C=O) groups is 1. The Balaban J connectivity index is 1.45. The van der Waals surface area contributed by atoms with Crippen LogP contribution in [0.2, 0.25) is 0 Å². The molecule has 3 rings (SSSR count). The van der Waals surface area contributed by atoms with Gasteiger partial charge in [0.2, 0.25) is 0 Å². The van der Waals surface area contributed by atoms with Gasteiger partial charge in [-0.2, -0.15) is 0 Å². The molecule has 0 bridgehead atoms. The molecular formula is C19H30N4O3. The van der Waals surface area contributed by atoms with Gasteiger partial charge in [-0.3, -0.25) is 9.69 Å². The maximum absolute atomic E-state index is 12.7. The molecule has 0 atom stereocenters. The summed E-state index contributed by atoms with van der Waals surface area (Å²) in [6.07, 6.45) is 5.40. The molecule has 0 unspecified atom stereocenters. The maximum Gasteiger partial charge on any atom is 0.255 e. The van der Waals surface area contributed by atoms with E-state index in [2.05, 4.69) is 15.2 Å². The highest BCUT2D eigenvalue weighted by molar-refractivity contribution is 5.94. The molecule has 0 aliphatic carbocycles. The van der Waals surface area contributed by atoms with Crippen LogP contribution in [-0.2, 0) is 4.74 Å². The summed E-state index contributed by atoms with van der Waals surface area (Å²) in [5.41, 5.74) is 0.649. The van der Waals surface area contributed by atoms with Crippen LogP contribution in [0.4, 0.5) is 5.82 Å². The average molecular weight is 362 g/mol. The Hall–Kier alpha value is -1.70. The summed E-state index contributed by atoms with van der Waals surface area (Å²) in [5.74, 6) is 0.843. The second kappa shape index (κ2) is 9.85. The Morgan fingerprint density at radius 1 is 1.19 bits per heavy atom. The number of aromatic nitrogens is 1. The van der Waals surface area contributed by atoms with E-state index in [4.69, 9.17) is 9.84 Å². The lowest BCUT2D eigenvalue weighted by atomic mass is 10.0. The Bertz CT molecular complexity index is 552. The topological polar surface area (TPSA) is 77.9 Å². The van der Waals surface area contributed by atoms with Crippen LogP contribution in [-0.4, -0.2) is 84.4 Å². The molecule has 2 N–H and O–H groups in total. The van der Waals surface area contributed by atoms with E-state index in [1.807, 2.05) is 17.0 Å². The lowest BCUT2D eigenvalue weighted by Crippen LogP contribution is -2.50. The lowest BCUT2D eigenvalue weighted by Gasteiger charge is -2.40. The molecule has 1 aromatic heterocycles. The molecule has 2 aliphatic rings. The van der Waals surface area contributed by atoms with Gasteiger partial charge in [0.05, 0.1) is 18.8 Å². The first-order valence-electron chi connectivity index (χ1n) is 9.70. The van der Waals surface area contributed by atoms with Crippen molar-refractivity contribution in [1.82, 2.24) is 14.8 Å². The number of hydrogen-bond donors (Lipinski definition) is 2.